The summed E-state index contributed by atoms with van der Waals surface area (Å²) in [6, 6.07) is 4.13. The van der Waals surface area contributed by atoms with E-state index in [1.807, 2.05) is 0 Å². The van der Waals surface area contributed by atoms with Crippen molar-refractivity contribution in [3.63, 3.8) is 0 Å². The van der Waals surface area contributed by atoms with Gasteiger partial charge in [0.15, 0.2) is 0 Å². The number of hydrogen-bond acceptors (Lipinski definition) is 2. The predicted octanol–water partition coefficient (Wildman–Crippen LogP) is 7.58. The Balaban J connectivity index is 1.41. The topological polar surface area (TPSA) is 26.3 Å². The molecule has 0 aromatic heterocycles. The Hall–Kier alpha value is -1.09. The maximum absolute atomic E-state index is 13.5. The van der Waals surface area contributed by atoms with Crippen LogP contribution in [0, 0.1) is 29.5 Å². The second-order valence-electron chi connectivity index (χ2n) is 8.95. The number of halogens is 2. The van der Waals surface area contributed by atoms with Gasteiger partial charge in [-0.25, -0.2) is 4.39 Å². The van der Waals surface area contributed by atoms with Crippen LogP contribution in [0.1, 0.15) is 84.0 Å². The lowest BCUT2D eigenvalue weighted by Gasteiger charge is -2.38. The van der Waals surface area contributed by atoms with E-state index < -0.39 is 5.82 Å². The molecule has 1 aromatic rings. The number of carbonyl (C=O) groups excluding carboxylic acids is 1. The number of carbonyl (C=O) groups is 1. The molecule has 3 rings (SSSR count). The van der Waals surface area contributed by atoms with Crippen LogP contribution < -0.4 is 4.74 Å². The van der Waals surface area contributed by atoms with Crippen LogP contribution in [0.15, 0.2) is 18.2 Å². The lowest BCUT2D eigenvalue weighted by Crippen LogP contribution is -2.27. The Kier molecular flexibility index (Phi) is 8.20. The van der Waals surface area contributed by atoms with Gasteiger partial charge in [0.2, 0.25) is 0 Å². The summed E-state index contributed by atoms with van der Waals surface area (Å²) >= 11 is 5.67. The van der Waals surface area contributed by atoms with Crippen molar-refractivity contribution in [3.05, 3.63) is 29.0 Å². The number of benzene rings is 1. The first-order valence-corrected chi connectivity index (χ1v) is 11.6. The van der Waals surface area contributed by atoms with Gasteiger partial charge in [0.1, 0.15) is 11.6 Å². The fourth-order valence-electron chi connectivity index (χ4n) is 5.42. The summed E-state index contributed by atoms with van der Waals surface area (Å²) < 4.78 is 18.8. The van der Waals surface area contributed by atoms with Crippen LogP contribution in [0.5, 0.6) is 5.75 Å². The first kappa shape index (κ1) is 21.6. The van der Waals surface area contributed by atoms with E-state index >= 15 is 0 Å². The molecule has 0 heterocycles. The fourth-order valence-corrected chi connectivity index (χ4v) is 5.54. The highest BCUT2D eigenvalue weighted by Crippen LogP contribution is 2.43. The Morgan fingerprint density at radius 3 is 2.57 bits per heavy atom. The summed E-state index contributed by atoms with van der Waals surface area (Å²) in [5.41, 5.74) is 0. The molecule has 0 saturated heterocycles. The van der Waals surface area contributed by atoms with E-state index in [-0.39, 0.29) is 16.7 Å². The molecule has 2 atom stereocenters. The average molecular weight is 409 g/mol. The van der Waals surface area contributed by atoms with Crippen molar-refractivity contribution in [2.24, 2.45) is 23.7 Å². The van der Waals surface area contributed by atoms with Gasteiger partial charge in [-0.1, -0.05) is 63.5 Å². The maximum atomic E-state index is 13.5. The Labute approximate surface area is 174 Å². The summed E-state index contributed by atoms with van der Waals surface area (Å²) in [5, 5.41) is 0.0387. The van der Waals surface area contributed by atoms with E-state index in [1.165, 1.54) is 82.4 Å². The van der Waals surface area contributed by atoms with Gasteiger partial charge in [-0.2, -0.15) is 0 Å². The van der Waals surface area contributed by atoms with Gasteiger partial charge in [-0.3, -0.25) is 4.79 Å². The van der Waals surface area contributed by atoms with E-state index in [0.717, 1.165) is 24.2 Å². The van der Waals surface area contributed by atoms with Crippen molar-refractivity contribution >= 4 is 17.6 Å². The minimum Gasteiger partial charge on any atom is -0.426 e. The van der Waals surface area contributed by atoms with E-state index in [9.17, 15) is 9.18 Å². The summed E-state index contributed by atoms with van der Waals surface area (Å²) in [4.78, 5) is 12.2. The van der Waals surface area contributed by atoms with Gasteiger partial charge in [0.25, 0.3) is 0 Å². The minimum absolute atomic E-state index is 0.0387. The largest absolute Gasteiger partial charge is 0.426 e. The molecule has 28 heavy (non-hydrogen) atoms. The molecule has 0 amide bonds. The zero-order chi connectivity index (χ0) is 19.9. The molecule has 0 spiro atoms. The van der Waals surface area contributed by atoms with E-state index in [1.54, 1.807) is 0 Å². The molecule has 4 heteroatoms. The lowest BCUT2D eigenvalue weighted by molar-refractivity contribution is -0.134. The molecule has 0 aliphatic heterocycles. The summed E-state index contributed by atoms with van der Waals surface area (Å²) in [5.74, 6) is 2.74. The molecular weight excluding hydrogens is 375 g/mol. The van der Waals surface area contributed by atoms with Crippen molar-refractivity contribution in [3.8, 4) is 5.75 Å². The second-order valence-corrected chi connectivity index (χ2v) is 9.36. The molecule has 0 N–H and O–H groups in total. The third-order valence-corrected chi connectivity index (χ3v) is 7.26. The molecule has 1 unspecified atom stereocenters. The van der Waals surface area contributed by atoms with Gasteiger partial charge >= 0.3 is 5.97 Å². The highest BCUT2D eigenvalue weighted by molar-refractivity contribution is 6.30. The smallest absolute Gasteiger partial charge is 0.311 e. The summed E-state index contributed by atoms with van der Waals surface area (Å²) in [7, 11) is 0. The van der Waals surface area contributed by atoms with Crippen molar-refractivity contribution in [2.45, 2.75) is 84.0 Å². The van der Waals surface area contributed by atoms with Crippen molar-refractivity contribution in [1.82, 2.24) is 0 Å². The van der Waals surface area contributed by atoms with Gasteiger partial charge < -0.3 is 4.74 Å². The zero-order valence-corrected chi connectivity index (χ0v) is 17.9. The monoisotopic (exact) mass is 408 g/mol. The summed E-state index contributed by atoms with van der Waals surface area (Å²) in [6.45, 7) is 2.30. The molecular formula is C24H34ClFO2. The van der Waals surface area contributed by atoms with Gasteiger partial charge in [0.05, 0.1) is 5.02 Å². The van der Waals surface area contributed by atoms with Crippen molar-refractivity contribution in [2.75, 3.05) is 0 Å². The van der Waals surface area contributed by atoms with Crippen LogP contribution in [-0.4, -0.2) is 5.97 Å². The quantitative estimate of drug-likeness (QED) is 0.343. The third-order valence-electron chi connectivity index (χ3n) is 6.96. The summed E-state index contributed by atoms with van der Waals surface area (Å²) in [6.07, 6.45) is 14.8. The minimum atomic E-state index is -0.559. The van der Waals surface area contributed by atoms with Crippen LogP contribution in [-0.2, 0) is 4.79 Å². The predicted molar refractivity (Wildman–Crippen MR) is 112 cm³/mol. The first-order valence-electron chi connectivity index (χ1n) is 11.2. The van der Waals surface area contributed by atoms with Crippen molar-refractivity contribution < 1.29 is 13.9 Å². The first-order chi connectivity index (χ1) is 13.5. The molecule has 2 nitrogen and oxygen atoms in total. The van der Waals surface area contributed by atoms with Gasteiger partial charge in [0, 0.05) is 12.5 Å². The molecule has 156 valence electrons. The number of hydrogen-bond donors (Lipinski definition) is 0. The molecule has 2 aliphatic rings. The van der Waals surface area contributed by atoms with E-state index in [0.29, 0.717) is 12.3 Å². The molecule has 2 fully saturated rings. The fraction of sp³-hybridized carbons (Fsp3) is 0.708. The highest BCUT2D eigenvalue weighted by Gasteiger charge is 2.31. The average Bonchev–Trinajstić information content (AvgIpc) is 2.70. The van der Waals surface area contributed by atoms with E-state index in [2.05, 4.69) is 6.92 Å². The van der Waals surface area contributed by atoms with Crippen LogP contribution in [0.4, 0.5) is 4.39 Å². The van der Waals surface area contributed by atoms with Gasteiger partial charge in [-0.05, 0) is 61.5 Å². The molecule has 2 saturated carbocycles. The highest BCUT2D eigenvalue weighted by atomic mass is 35.5. The zero-order valence-electron chi connectivity index (χ0n) is 17.1. The number of esters is 1. The van der Waals surface area contributed by atoms with Crippen molar-refractivity contribution in [1.29, 1.82) is 0 Å². The third kappa shape index (κ3) is 6.20. The number of rotatable bonds is 7. The van der Waals surface area contributed by atoms with Crippen LogP contribution in [0.3, 0.4) is 0 Å². The Morgan fingerprint density at radius 2 is 1.86 bits per heavy atom. The van der Waals surface area contributed by atoms with E-state index in [4.69, 9.17) is 16.3 Å². The molecule has 2 aliphatic carbocycles. The van der Waals surface area contributed by atoms with Crippen LogP contribution >= 0.6 is 11.6 Å². The lowest BCUT2D eigenvalue weighted by atomic mass is 9.67. The molecule has 0 radical (unpaired) electrons. The van der Waals surface area contributed by atoms with Gasteiger partial charge in [-0.15, -0.1) is 0 Å². The van der Waals surface area contributed by atoms with Crippen LogP contribution in [0.25, 0.3) is 0 Å². The molecule has 1 aromatic carbocycles. The van der Waals surface area contributed by atoms with Crippen LogP contribution in [0.2, 0.25) is 5.02 Å². The normalized spacial score (nSPS) is 28.1. The second kappa shape index (κ2) is 10.6. The Bertz CT molecular complexity index is 639. The SMILES string of the molecule is CCC[C@H]1CC[C@H]([C@H]2CCCC(CCC(=O)Oc3ccc(Cl)c(F)c3)C2)CC1. The number of ether oxygens (including phenoxy) is 1. The maximum Gasteiger partial charge on any atom is 0.311 e. The standard InChI is InChI=1S/C24H34ClFO2/c1-2-4-17-7-10-19(11-8-17)20-6-3-5-18(15-20)9-14-24(27)28-21-12-13-22(25)23(26)16-21/h12-13,16-20H,2-11,14-15H2,1H3/t17-,18?,19-,20-/m0/s1. The molecule has 0 bridgehead atoms. The Morgan fingerprint density at radius 1 is 1.07 bits per heavy atom.